The summed E-state index contributed by atoms with van der Waals surface area (Å²) in [6, 6.07) is 0. The van der Waals surface area contributed by atoms with Crippen LogP contribution in [0.1, 0.15) is 32.6 Å². The van der Waals surface area contributed by atoms with E-state index < -0.39 is 6.10 Å². The smallest absolute Gasteiger partial charge is 0.0897 e. The van der Waals surface area contributed by atoms with Gasteiger partial charge in [-0.05, 0) is 38.1 Å². The minimum atomic E-state index is -0.425. The molecule has 0 aromatic rings. The van der Waals surface area contributed by atoms with E-state index in [1.807, 2.05) is 6.92 Å². The van der Waals surface area contributed by atoms with Crippen molar-refractivity contribution in [2.75, 3.05) is 32.9 Å². The molecule has 1 aliphatic carbocycles. The van der Waals surface area contributed by atoms with Crippen LogP contribution in [0.3, 0.4) is 0 Å². The summed E-state index contributed by atoms with van der Waals surface area (Å²) in [6.07, 6.45) is 4.43. The standard InChI is InChI=1S/C13H27NO3/c1-2-17-10-13(16)8-14-7-11-5-3-4-6-12(11)9-15/h11-16H,2-10H2,1H3. The minimum absolute atomic E-state index is 0.299. The van der Waals surface area contributed by atoms with E-state index >= 15 is 0 Å². The summed E-state index contributed by atoms with van der Waals surface area (Å²) in [4.78, 5) is 0. The predicted octanol–water partition coefficient (Wildman–Crippen LogP) is 0.772. The molecule has 0 aromatic carbocycles. The van der Waals surface area contributed by atoms with Crippen LogP contribution in [-0.4, -0.2) is 49.2 Å². The highest BCUT2D eigenvalue weighted by Crippen LogP contribution is 2.28. The van der Waals surface area contributed by atoms with Crippen molar-refractivity contribution < 1.29 is 14.9 Å². The highest BCUT2D eigenvalue weighted by Gasteiger charge is 2.23. The first-order chi connectivity index (χ1) is 8.27. The molecule has 1 fully saturated rings. The van der Waals surface area contributed by atoms with Gasteiger partial charge < -0.3 is 20.3 Å². The third-order valence-electron chi connectivity index (χ3n) is 3.60. The molecular weight excluding hydrogens is 218 g/mol. The second-order valence-electron chi connectivity index (χ2n) is 4.96. The maximum absolute atomic E-state index is 9.60. The van der Waals surface area contributed by atoms with E-state index in [0.29, 0.717) is 38.2 Å². The molecule has 1 aliphatic rings. The molecule has 0 aliphatic heterocycles. The molecule has 0 amide bonds. The Hall–Kier alpha value is -0.160. The third kappa shape index (κ3) is 5.82. The molecule has 17 heavy (non-hydrogen) atoms. The molecule has 1 rings (SSSR count). The van der Waals surface area contributed by atoms with Gasteiger partial charge in [-0.3, -0.25) is 0 Å². The van der Waals surface area contributed by atoms with Gasteiger partial charge in [0.05, 0.1) is 12.7 Å². The summed E-state index contributed by atoms with van der Waals surface area (Å²) < 4.78 is 5.15. The summed E-state index contributed by atoms with van der Waals surface area (Å²) in [5.41, 5.74) is 0. The van der Waals surface area contributed by atoms with E-state index in [1.54, 1.807) is 0 Å². The fourth-order valence-electron chi connectivity index (χ4n) is 2.54. The lowest BCUT2D eigenvalue weighted by molar-refractivity contribution is 0.0410. The number of rotatable bonds is 8. The molecule has 3 unspecified atom stereocenters. The van der Waals surface area contributed by atoms with Crippen molar-refractivity contribution in [2.24, 2.45) is 11.8 Å². The maximum Gasteiger partial charge on any atom is 0.0897 e. The molecule has 0 bridgehead atoms. The fourth-order valence-corrected chi connectivity index (χ4v) is 2.54. The second-order valence-corrected chi connectivity index (χ2v) is 4.96. The summed E-state index contributed by atoms with van der Waals surface area (Å²) in [7, 11) is 0. The van der Waals surface area contributed by atoms with Crippen molar-refractivity contribution >= 4 is 0 Å². The van der Waals surface area contributed by atoms with Gasteiger partial charge in [-0.15, -0.1) is 0 Å². The summed E-state index contributed by atoms with van der Waals surface area (Å²) >= 11 is 0. The molecule has 0 saturated heterocycles. The molecule has 4 heteroatoms. The number of ether oxygens (including phenoxy) is 1. The quantitative estimate of drug-likeness (QED) is 0.591. The Morgan fingerprint density at radius 3 is 2.65 bits per heavy atom. The molecule has 1 saturated carbocycles. The lowest BCUT2D eigenvalue weighted by atomic mass is 9.79. The van der Waals surface area contributed by atoms with E-state index in [9.17, 15) is 10.2 Å². The van der Waals surface area contributed by atoms with Gasteiger partial charge in [-0.1, -0.05) is 12.8 Å². The van der Waals surface area contributed by atoms with Crippen molar-refractivity contribution in [2.45, 2.75) is 38.7 Å². The topological polar surface area (TPSA) is 61.7 Å². The van der Waals surface area contributed by atoms with E-state index in [1.165, 1.54) is 19.3 Å². The maximum atomic E-state index is 9.60. The Kier molecular flexibility index (Phi) is 7.77. The van der Waals surface area contributed by atoms with Gasteiger partial charge in [0, 0.05) is 19.8 Å². The monoisotopic (exact) mass is 245 g/mol. The largest absolute Gasteiger partial charge is 0.396 e. The van der Waals surface area contributed by atoms with Crippen molar-refractivity contribution in [3.05, 3.63) is 0 Å². The van der Waals surface area contributed by atoms with Crippen LogP contribution in [-0.2, 0) is 4.74 Å². The second kappa shape index (κ2) is 8.86. The number of hydrogen-bond donors (Lipinski definition) is 3. The van der Waals surface area contributed by atoms with E-state index in [0.717, 1.165) is 13.0 Å². The lowest BCUT2D eigenvalue weighted by Crippen LogP contribution is -2.37. The molecule has 0 aromatic heterocycles. The molecule has 3 atom stereocenters. The normalized spacial score (nSPS) is 27.0. The zero-order valence-electron chi connectivity index (χ0n) is 10.9. The van der Waals surface area contributed by atoms with Crippen LogP contribution in [0.4, 0.5) is 0 Å². The van der Waals surface area contributed by atoms with Crippen molar-refractivity contribution in [1.29, 1.82) is 0 Å². The zero-order valence-corrected chi connectivity index (χ0v) is 10.9. The number of aliphatic hydroxyl groups excluding tert-OH is 2. The van der Waals surface area contributed by atoms with E-state index in [4.69, 9.17) is 4.74 Å². The Bertz CT molecular complexity index is 190. The molecule has 102 valence electrons. The van der Waals surface area contributed by atoms with Gasteiger partial charge in [0.15, 0.2) is 0 Å². The fraction of sp³-hybridized carbons (Fsp3) is 1.00. The zero-order chi connectivity index (χ0) is 12.5. The predicted molar refractivity (Wildman–Crippen MR) is 67.9 cm³/mol. The van der Waals surface area contributed by atoms with Gasteiger partial charge in [0.1, 0.15) is 0 Å². The Labute approximate surface area is 104 Å². The van der Waals surface area contributed by atoms with Gasteiger partial charge >= 0.3 is 0 Å². The first-order valence-corrected chi connectivity index (χ1v) is 6.85. The first kappa shape index (κ1) is 14.9. The molecule has 0 heterocycles. The molecular formula is C13H27NO3. The number of hydrogen-bond acceptors (Lipinski definition) is 4. The third-order valence-corrected chi connectivity index (χ3v) is 3.60. The SMILES string of the molecule is CCOCC(O)CNCC1CCCCC1CO. The summed E-state index contributed by atoms with van der Waals surface area (Å²) in [5.74, 6) is 1.01. The lowest BCUT2D eigenvalue weighted by Gasteiger charge is -2.30. The highest BCUT2D eigenvalue weighted by atomic mass is 16.5. The minimum Gasteiger partial charge on any atom is -0.396 e. The molecule has 3 N–H and O–H groups in total. The van der Waals surface area contributed by atoms with Gasteiger partial charge in [-0.2, -0.15) is 0 Å². The van der Waals surface area contributed by atoms with Gasteiger partial charge in [0.2, 0.25) is 0 Å². The summed E-state index contributed by atoms with van der Waals surface area (Å²) in [5, 5.41) is 22.2. The van der Waals surface area contributed by atoms with E-state index in [-0.39, 0.29) is 0 Å². The molecule has 0 spiro atoms. The van der Waals surface area contributed by atoms with Crippen molar-refractivity contribution in [3.8, 4) is 0 Å². The average molecular weight is 245 g/mol. The van der Waals surface area contributed by atoms with Gasteiger partial charge in [-0.25, -0.2) is 0 Å². The average Bonchev–Trinajstić information content (AvgIpc) is 2.37. The molecule has 4 nitrogen and oxygen atoms in total. The van der Waals surface area contributed by atoms with E-state index in [2.05, 4.69) is 5.32 Å². The van der Waals surface area contributed by atoms with Crippen LogP contribution >= 0.6 is 0 Å². The van der Waals surface area contributed by atoms with Crippen LogP contribution in [0.15, 0.2) is 0 Å². The van der Waals surface area contributed by atoms with Crippen molar-refractivity contribution in [3.63, 3.8) is 0 Å². The first-order valence-electron chi connectivity index (χ1n) is 6.85. The number of aliphatic hydroxyl groups is 2. The Morgan fingerprint density at radius 1 is 1.29 bits per heavy atom. The number of nitrogens with one attached hydrogen (secondary N) is 1. The Balaban J connectivity index is 2.11. The Morgan fingerprint density at radius 2 is 2.00 bits per heavy atom. The van der Waals surface area contributed by atoms with Crippen LogP contribution in [0.25, 0.3) is 0 Å². The highest BCUT2D eigenvalue weighted by molar-refractivity contribution is 4.77. The van der Waals surface area contributed by atoms with Gasteiger partial charge in [0.25, 0.3) is 0 Å². The van der Waals surface area contributed by atoms with Crippen LogP contribution in [0.2, 0.25) is 0 Å². The summed E-state index contributed by atoms with van der Waals surface area (Å²) in [6.45, 7) is 4.74. The van der Waals surface area contributed by atoms with Crippen molar-refractivity contribution in [1.82, 2.24) is 5.32 Å². The molecule has 0 radical (unpaired) electrons. The van der Waals surface area contributed by atoms with Crippen LogP contribution in [0.5, 0.6) is 0 Å². The van der Waals surface area contributed by atoms with Crippen LogP contribution in [0, 0.1) is 11.8 Å². The van der Waals surface area contributed by atoms with Crippen LogP contribution < -0.4 is 5.32 Å².